The molecule has 0 radical (unpaired) electrons. The summed E-state index contributed by atoms with van der Waals surface area (Å²) in [4.78, 5) is 3.84. The van der Waals surface area contributed by atoms with E-state index in [0.717, 1.165) is 17.2 Å². The third kappa shape index (κ3) is 2.87. The number of aryl methyl sites for hydroxylation is 1. The first-order valence-corrected chi connectivity index (χ1v) is 6.37. The monoisotopic (exact) mass is 278 g/mol. The molecule has 1 heterocycles. The normalized spacial score (nSPS) is 10.4. The van der Waals surface area contributed by atoms with Gasteiger partial charge < -0.3 is 10.1 Å². The number of pyridine rings is 1. The van der Waals surface area contributed by atoms with Crippen LogP contribution in [0.25, 0.3) is 0 Å². The molecule has 5 heteroatoms. The van der Waals surface area contributed by atoms with Crippen LogP contribution in [-0.2, 0) is 0 Å². The lowest BCUT2D eigenvalue weighted by molar-refractivity contribution is 0.415. The van der Waals surface area contributed by atoms with E-state index in [2.05, 4.69) is 10.3 Å². The van der Waals surface area contributed by atoms with Crippen molar-refractivity contribution in [2.45, 2.75) is 20.8 Å². The zero-order chi connectivity index (χ0) is 14.7. The lowest BCUT2D eigenvalue weighted by Crippen LogP contribution is -2.05. The number of benzene rings is 1. The Bertz CT molecular complexity index is 630. The molecule has 106 valence electrons. The zero-order valence-electron chi connectivity index (χ0n) is 11.6. The van der Waals surface area contributed by atoms with Crippen molar-refractivity contribution in [1.29, 1.82) is 0 Å². The highest BCUT2D eigenvalue weighted by Crippen LogP contribution is 2.29. The van der Waals surface area contributed by atoms with Gasteiger partial charge in [-0.3, -0.25) is 0 Å². The molecule has 0 atom stereocenters. The van der Waals surface area contributed by atoms with Crippen LogP contribution < -0.4 is 10.1 Å². The van der Waals surface area contributed by atoms with Gasteiger partial charge in [-0.15, -0.1) is 0 Å². The Morgan fingerprint density at radius 1 is 1.20 bits per heavy atom. The average molecular weight is 278 g/mol. The molecule has 1 N–H and O–H groups in total. The van der Waals surface area contributed by atoms with E-state index in [1.807, 2.05) is 26.0 Å². The Morgan fingerprint density at radius 2 is 1.95 bits per heavy atom. The van der Waals surface area contributed by atoms with Crippen molar-refractivity contribution >= 4 is 5.82 Å². The van der Waals surface area contributed by atoms with Crippen molar-refractivity contribution in [3.63, 3.8) is 0 Å². The molecule has 0 unspecified atom stereocenters. The molecule has 2 rings (SSSR count). The van der Waals surface area contributed by atoms with Crippen molar-refractivity contribution in [1.82, 2.24) is 4.98 Å². The standard InChI is InChI=1S/C15H16F2N2O/c1-4-18-14-11(16)8-12(17)15(19-14)20-13-7-5-6-9(2)10(13)3/h5-8H,4H2,1-3H3,(H,18,19). The molecular formula is C15H16F2N2O. The summed E-state index contributed by atoms with van der Waals surface area (Å²) in [5.41, 5.74) is 1.92. The first-order valence-electron chi connectivity index (χ1n) is 6.37. The van der Waals surface area contributed by atoms with Crippen molar-refractivity contribution < 1.29 is 13.5 Å². The third-order valence-electron chi connectivity index (χ3n) is 3.00. The number of anilines is 1. The fourth-order valence-electron chi connectivity index (χ4n) is 1.75. The van der Waals surface area contributed by atoms with Gasteiger partial charge in [0.15, 0.2) is 17.5 Å². The Labute approximate surface area is 116 Å². The fraction of sp³-hybridized carbons (Fsp3) is 0.267. The van der Waals surface area contributed by atoms with Crippen LogP contribution >= 0.6 is 0 Å². The van der Waals surface area contributed by atoms with Gasteiger partial charge in [0.25, 0.3) is 5.88 Å². The van der Waals surface area contributed by atoms with Gasteiger partial charge in [-0.2, -0.15) is 4.98 Å². The summed E-state index contributed by atoms with van der Waals surface area (Å²) in [6.07, 6.45) is 0. The highest BCUT2D eigenvalue weighted by atomic mass is 19.1. The number of ether oxygens (including phenoxy) is 1. The van der Waals surface area contributed by atoms with E-state index in [4.69, 9.17) is 4.74 Å². The number of rotatable bonds is 4. The van der Waals surface area contributed by atoms with Crippen molar-refractivity contribution in [2.24, 2.45) is 0 Å². The highest BCUT2D eigenvalue weighted by molar-refractivity contribution is 5.43. The second-order valence-electron chi connectivity index (χ2n) is 4.44. The van der Waals surface area contributed by atoms with Crippen LogP contribution in [0.15, 0.2) is 24.3 Å². The van der Waals surface area contributed by atoms with Crippen LogP contribution in [0.2, 0.25) is 0 Å². The number of nitrogens with one attached hydrogen (secondary N) is 1. The van der Waals surface area contributed by atoms with Crippen molar-refractivity contribution in [3.05, 3.63) is 47.0 Å². The van der Waals surface area contributed by atoms with E-state index in [1.54, 1.807) is 13.0 Å². The average Bonchev–Trinajstić information content (AvgIpc) is 2.40. The molecule has 0 bridgehead atoms. The second-order valence-corrected chi connectivity index (χ2v) is 4.44. The van der Waals surface area contributed by atoms with Gasteiger partial charge in [-0.05, 0) is 38.0 Å². The van der Waals surface area contributed by atoms with Crippen LogP contribution in [0.1, 0.15) is 18.1 Å². The topological polar surface area (TPSA) is 34.2 Å². The number of hydrogen-bond donors (Lipinski definition) is 1. The highest BCUT2D eigenvalue weighted by Gasteiger charge is 2.14. The van der Waals surface area contributed by atoms with Gasteiger partial charge in [-0.1, -0.05) is 12.1 Å². The molecule has 3 nitrogen and oxygen atoms in total. The minimum atomic E-state index is -0.829. The summed E-state index contributed by atoms with van der Waals surface area (Å²) in [5.74, 6) is -1.32. The maximum atomic E-state index is 13.7. The van der Waals surface area contributed by atoms with Gasteiger partial charge in [0.05, 0.1) is 0 Å². The second kappa shape index (κ2) is 5.86. The van der Waals surface area contributed by atoms with Gasteiger partial charge in [-0.25, -0.2) is 8.78 Å². The number of hydrogen-bond acceptors (Lipinski definition) is 3. The molecule has 1 aromatic heterocycles. The van der Waals surface area contributed by atoms with Crippen LogP contribution in [0.5, 0.6) is 11.6 Å². The molecular weight excluding hydrogens is 262 g/mol. The Balaban J connectivity index is 2.38. The summed E-state index contributed by atoms with van der Waals surface area (Å²) in [6.45, 7) is 6.09. The predicted octanol–water partition coefficient (Wildman–Crippen LogP) is 4.20. The molecule has 0 aliphatic heterocycles. The van der Waals surface area contributed by atoms with Gasteiger partial charge in [0.2, 0.25) is 0 Å². The van der Waals surface area contributed by atoms with Crippen LogP contribution in [0, 0.1) is 25.5 Å². The van der Waals surface area contributed by atoms with Crippen LogP contribution in [0.3, 0.4) is 0 Å². The molecule has 0 fully saturated rings. The molecule has 0 saturated carbocycles. The number of nitrogens with zero attached hydrogens (tertiary/aromatic N) is 1. The lowest BCUT2D eigenvalue weighted by Gasteiger charge is -2.12. The first kappa shape index (κ1) is 14.2. The van der Waals surface area contributed by atoms with Gasteiger partial charge in [0, 0.05) is 12.6 Å². The smallest absolute Gasteiger partial charge is 0.258 e. The summed E-state index contributed by atoms with van der Waals surface area (Å²) < 4.78 is 32.7. The molecule has 0 aliphatic carbocycles. The van der Waals surface area contributed by atoms with Gasteiger partial charge in [0.1, 0.15) is 5.75 Å². The summed E-state index contributed by atoms with van der Waals surface area (Å²) in [6, 6.07) is 6.23. The Hall–Kier alpha value is -2.17. The molecule has 0 spiro atoms. The fourth-order valence-corrected chi connectivity index (χ4v) is 1.75. The quantitative estimate of drug-likeness (QED) is 0.910. The predicted molar refractivity (Wildman–Crippen MR) is 74.3 cm³/mol. The Kier molecular flexibility index (Phi) is 4.17. The summed E-state index contributed by atoms with van der Waals surface area (Å²) in [7, 11) is 0. The van der Waals surface area contributed by atoms with Gasteiger partial charge >= 0.3 is 0 Å². The largest absolute Gasteiger partial charge is 0.436 e. The maximum absolute atomic E-state index is 13.7. The van der Waals surface area contributed by atoms with E-state index in [0.29, 0.717) is 12.3 Å². The van der Waals surface area contributed by atoms with E-state index in [1.165, 1.54) is 0 Å². The maximum Gasteiger partial charge on any atom is 0.258 e. The van der Waals surface area contributed by atoms with Crippen LogP contribution in [0.4, 0.5) is 14.6 Å². The lowest BCUT2D eigenvalue weighted by atomic mass is 10.1. The number of halogens is 2. The Morgan fingerprint density at radius 3 is 2.65 bits per heavy atom. The minimum Gasteiger partial charge on any atom is -0.436 e. The van der Waals surface area contributed by atoms with E-state index in [9.17, 15) is 8.78 Å². The van der Waals surface area contributed by atoms with Crippen LogP contribution in [-0.4, -0.2) is 11.5 Å². The third-order valence-corrected chi connectivity index (χ3v) is 3.00. The minimum absolute atomic E-state index is 0.0193. The van der Waals surface area contributed by atoms with E-state index in [-0.39, 0.29) is 11.7 Å². The molecule has 20 heavy (non-hydrogen) atoms. The summed E-state index contributed by atoms with van der Waals surface area (Å²) in [5, 5.41) is 2.72. The van der Waals surface area contributed by atoms with Crippen molar-refractivity contribution in [2.75, 3.05) is 11.9 Å². The number of aromatic nitrogens is 1. The van der Waals surface area contributed by atoms with Crippen molar-refractivity contribution in [3.8, 4) is 11.6 Å². The zero-order valence-corrected chi connectivity index (χ0v) is 11.6. The van der Waals surface area contributed by atoms with E-state index >= 15 is 0 Å². The molecule has 2 aromatic rings. The summed E-state index contributed by atoms with van der Waals surface area (Å²) >= 11 is 0. The molecule has 0 amide bonds. The molecule has 0 saturated heterocycles. The SMILES string of the molecule is CCNc1nc(Oc2cccc(C)c2C)c(F)cc1F. The molecule has 0 aliphatic rings. The first-order chi connectivity index (χ1) is 9.52. The molecule has 1 aromatic carbocycles. The van der Waals surface area contributed by atoms with E-state index < -0.39 is 11.6 Å².